The van der Waals surface area contributed by atoms with Gasteiger partial charge in [0.05, 0.1) is 7.05 Å². The third kappa shape index (κ3) is 3.13. The third-order valence-electron chi connectivity index (χ3n) is 4.90. The fourth-order valence-corrected chi connectivity index (χ4v) is 4.97. The first-order chi connectivity index (χ1) is 12.0. The summed E-state index contributed by atoms with van der Waals surface area (Å²) >= 11 is 7.77. The molecule has 4 rings (SSSR count). The van der Waals surface area contributed by atoms with Gasteiger partial charge in [-0.3, -0.25) is 0 Å². The van der Waals surface area contributed by atoms with Crippen LogP contribution in [0.4, 0.5) is 0 Å². The number of aromatic hydroxyl groups is 1. The first kappa shape index (κ1) is 16.8. The minimum absolute atomic E-state index is 0.0422. The lowest BCUT2D eigenvalue weighted by Gasteiger charge is -2.33. The molecule has 1 aliphatic rings. The van der Waals surface area contributed by atoms with Crippen LogP contribution in [0.2, 0.25) is 5.02 Å². The lowest BCUT2D eigenvalue weighted by atomic mass is 10.0. The number of nitrogens with one attached hydrogen (secondary N) is 2. The van der Waals surface area contributed by atoms with Crippen LogP contribution in [0.5, 0.6) is 5.88 Å². The maximum absolute atomic E-state index is 10.8. The Morgan fingerprint density at radius 1 is 1.28 bits per heavy atom. The topological polar surface area (TPSA) is 59.3 Å². The van der Waals surface area contributed by atoms with Crippen molar-refractivity contribution < 1.29 is 14.9 Å². The minimum Gasteiger partial charge on any atom is -0.492 e. The van der Waals surface area contributed by atoms with E-state index in [1.165, 1.54) is 16.2 Å². The van der Waals surface area contributed by atoms with Gasteiger partial charge >= 0.3 is 0 Å². The number of fused-ring (bicyclic) bond motifs is 1. The van der Waals surface area contributed by atoms with Crippen LogP contribution < -0.4 is 9.80 Å². The van der Waals surface area contributed by atoms with E-state index in [4.69, 9.17) is 11.6 Å². The number of thiazole rings is 1. The molecule has 1 fully saturated rings. The number of piperazine rings is 1. The van der Waals surface area contributed by atoms with Gasteiger partial charge < -0.3 is 14.9 Å². The van der Waals surface area contributed by atoms with E-state index in [-0.39, 0.29) is 11.9 Å². The van der Waals surface area contributed by atoms with Crippen LogP contribution in [0.1, 0.15) is 22.3 Å². The molecular weight excluding hydrogens is 358 g/mol. The van der Waals surface area contributed by atoms with E-state index in [1.54, 1.807) is 9.42 Å². The normalized spacial score (nSPS) is 22.4. The number of nitrogens with zero attached hydrogens (tertiary/aromatic N) is 3. The highest BCUT2D eigenvalue weighted by Gasteiger charge is 2.35. The van der Waals surface area contributed by atoms with E-state index < -0.39 is 0 Å². The van der Waals surface area contributed by atoms with Gasteiger partial charge in [-0.1, -0.05) is 35.1 Å². The van der Waals surface area contributed by atoms with Crippen LogP contribution in [0.15, 0.2) is 24.3 Å². The summed E-state index contributed by atoms with van der Waals surface area (Å²) in [6.07, 6.45) is 0. The van der Waals surface area contributed by atoms with Gasteiger partial charge in [-0.15, -0.1) is 5.10 Å². The SMILES string of the molecule is Cc1nc2sc([C@H](c3cccc(Cl)c3)[NH+]3CC[NH+](C)CC3)c(O)n2n1. The van der Waals surface area contributed by atoms with E-state index in [0.717, 1.165) is 46.6 Å². The van der Waals surface area contributed by atoms with Crippen molar-refractivity contribution in [1.82, 2.24) is 14.6 Å². The monoisotopic (exact) mass is 379 g/mol. The lowest BCUT2D eigenvalue weighted by molar-refractivity contribution is -1.02. The maximum Gasteiger partial charge on any atom is 0.235 e. The van der Waals surface area contributed by atoms with Crippen molar-refractivity contribution in [1.29, 1.82) is 0 Å². The molecule has 1 atom stereocenters. The summed E-state index contributed by atoms with van der Waals surface area (Å²) in [7, 11) is 2.23. The second-order valence-electron chi connectivity index (χ2n) is 6.75. The number of benzene rings is 1. The number of halogens is 1. The molecule has 8 heteroatoms. The van der Waals surface area contributed by atoms with Gasteiger partial charge in [-0.05, 0) is 19.1 Å². The summed E-state index contributed by atoms with van der Waals surface area (Å²) in [5, 5.41) is 15.8. The predicted octanol–water partition coefficient (Wildman–Crippen LogP) is -0.0392. The number of aromatic nitrogens is 3. The molecule has 1 aromatic carbocycles. The van der Waals surface area contributed by atoms with Gasteiger partial charge in [-0.2, -0.15) is 4.52 Å². The molecular formula is C17H22ClN5OS+2. The van der Waals surface area contributed by atoms with Crippen molar-refractivity contribution in [2.75, 3.05) is 33.2 Å². The standard InChI is InChI=1S/C17H20ClN5OS/c1-11-19-17-23(20-11)16(24)15(25-17)14(12-4-3-5-13(18)10-12)22-8-6-21(2)7-9-22/h3-5,10,14,24H,6-9H2,1-2H3/p+2/t14-/m0/s1. The van der Waals surface area contributed by atoms with Crippen LogP contribution in [-0.2, 0) is 0 Å². The van der Waals surface area contributed by atoms with Crippen molar-refractivity contribution >= 4 is 27.9 Å². The van der Waals surface area contributed by atoms with E-state index in [1.807, 2.05) is 25.1 Å². The Morgan fingerprint density at radius 3 is 2.72 bits per heavy atom. The summed E-state index contributed by atoms with van der Waals surface area (Å²) in [4.78, 5) is 9.06. The predicted molar refractivity (Wildman–Crippen MR) is 97.9 cm³/mol. The van der Waals surface area contributed by atoms with E-state index in [9.17, 15) is 5.11 Å². The molecule has 0 spiro atoms. The Hall–Kier alpha value is -1.67. The van der Waals surface area contributed by atoms with Crippen molar-refractivity contribution in [3.05, 3.63) is 45.6 Å². The highest BCUT2D eigenvalue weighted by atomic mass is 35.5. The molecule has 3 N–H and O–H groups in total. The molecule has 3 heterocycles. The molecule has 3 aromatic rings. The maximum atomic E-state index is 10.8. The molecule has 0 bridgehead atoms. The Kier molecular flexibility index (Phi) is 4.41. The zero-order valence-electron chi connectivity index (χ0n) is 14.3. The molecule has 0 radical (unpaired) electrons. The molecule has 1 aliphatic heterocycles. The van der Waals surface area contributed by atoms with E-state index in [2.05, 4.69) is 23.2 Å². The number of quaternary nitrogens is 2. The van der Waals surface area contributed by atoms with E-state index >= 15 is 0 Å². The van der Waals surface area contributed by atoms with Crippen LogP contribution in [-0.4, -0.2) is 52.9 Å². The van der Waals surface area contributed by atoms with Gasteiger partial charge in [0.2, 0.25) is 10.8 Å². The molecule has 1 saturated heterocycles. The Morgan fingerprint density at radius 2 is 2.04 bits per heavy atom. The molecule has 2 aromatic heterocycles. The van der Waals surface area contributed by atoms with Crippen molar-refractivity contribution in [2.45, 2.75) is 13.0 Å². The molecule has 0 amide bonds. The second kappa shape index (κ2) is 6.57. The zero-order valence-corrected chi connectivity index (χ0v) is 15.9. The van der Waals surface area contributed by atoms with Gasteiger partial charge in [0.15, 0.2) is 6.04 Å². The Bertz CT molecular complexity index is 900. The number of rotatable bonds is 3. The molecule has 132 valence electrons. The average Bonchev–Trinajstić information content (AvgIpc) is 3.08. The first-order valence-corrected chi connectivity index (χ1v) is 9.68. The summed E-state index contributed by atoms with van der Waals surface area (Å²) in [5.41, 5.74) is 1.12. The molecule has 0 saturated carbocycles. The fraction of sp³-hybridized carbons (Fsp3) is 0.412. The molecule has 25 heavy (non-hydrogen) atoms. The van der Waals surface area contributed by atoms with Gasteiger partial charge in [-0.25, -0.2) is 4.98 Å². The molecule has 6 nitrogen and oxygen atoms in total. The summed E-state index contributed by atoms with van der Waals surface area (Å²) in [6.45, 7) is 6.17. The van der Waals surface area contributed by atoms with Gasteiger partial charge in [0.25, 0.3) is 0 Å². The molecule has 0 unspecified atom stereocenters. The van der Waals surface area contributed by atoms with Crippen LogP contribution >= 0.6 is 22.9 Å². The van der Waals surface area contributed by atoms with E-state index in [0.29, 0.717) is 5.82 Å². The number of likely N-dealkylation sites (N-methyl/N-ethyl adjacent to an activating group) is 1. The quantitative estimate of drug-likeness (QED) is 0.598. The van der Waals surface area contributed by atoms with Crippen LogP contribution in [0.3, 0.4) is 0 Å². The first-order valence-electron chi connectivity index (χ1n) is 8.49. The largest absolute Gasteiger partial charge is 0.492 e. The summed E-state index contributed by atoms with van der Waals surface area (Å²) < 4.78 is 1.55. The minimum atomic E-state index is 0.0422. The third-order valence-corrected chi connectivity index (χ3v) is 6.22. The fourth-order valence-electron chi connectivity index (χ4n) is 3.58. The Balaban J connectivity index is 1.81. The molecule has 0 aliphatic carbocycles. The number of hydrogen-bond acceptors (Lipinski definition) is 4. The van der Waals surface area contributed by atoms with Crippen molar-refractivity contribution in [3.63, 3.8) is 0 Å². The van der Waals surface area contributed by atoms with Crippen molar-refractivity contribution in [3.8, 4) is 5.88 Å². The number of hydrogen-bond donors (Lipinski definition) is 3. The smallest absolute Gasteiger partial charge is 0.235 e. The summed E-state index contributed by atoms with van der Waals surface area (Å²) in [5.74, 6) is 0.868. The van der Waals surface area contributed by atoms with Gasteiger partial charge in [0.1, 0.15) is 36.9 Å². The summed E-state index contributed by atoms with van der Waals surface area (Å²) in [6, 6.07) is 8.00. The lowest BCUT2D eigenvalue weighted by Crippen LogP contribution is -3.27. The van der Waals surface area contributed by atoms with Gasteiger partial charge in [0, 0.05) is 10.6 Å². The number of aryl methyl sites for hydroxylation is 1. The highest BCUT2D eigenvalue weighted by Crippen LogP contribution is 2.35. The zero-order chi connectivity index (χ0) is 17.6. The second-order valence-corrected chi connectivity index (χ2v) is 8.19. The highest BCUT2D eigenvalue weighted by molar-refractivity contribution is 7.17. The van der Waals surface area contributed by atoms with Crippen molar-refractivity contribution in [2.24, 2.45) is 0 Å². The average molecular weight is 380 g/mol. The Labute approximate surface area is 155 Å². The van der Waals surface area contributed by atoms with Crippen LogP contribution in [0, 0.1) is 6.92 Å². The van der Waals surface area contributed by atoms with Crippen LogP contribution in [0.25, 0.3) is 4.96 Å².